The van der Waals surface area contributed by atoms with Gasteiger partial charge in [0.05, 0.1) is 5.56 Å². The Hall–Kier alpha value is -1.03. The summed E-state index contributed by atoms with van der Waals surface area (Å²) in [5, 5.41) is 2.81. The average Bonchev–Trinajstić information content (AvgIpc) is 2.32. The molecule has 0 aromatic heterocycles. The van der Waals surface area contributed by atoms with Crippen molar-refractivity contribution in [3.8, 4) is 0 Å². The van der Waals surface area contributed by atoms with E-state index in [9.17, 15) is 9.18 Å². The van der Waals surface area contributed by atoms with Gasteiger partial charge in [0.25, 0.3) is 5.91 Å². The van der Waals surface area contributed by atoms with E-state index in [1.165, 1.54) is 18.2 Å². The first-order valence-electron chi connectivity index (χ1n) is 6.34. The molecule has 1 rings (SSSR count). The van der Waals surface area contributed by atoms with Gasteiger partial charge in [0.1, 0.15) is 5.82 Å². The summed E-state index contributed by atoms with van der Waals surface area (Å²) in [4.78, 5) is 12.5. The topological polar surface area (TPSA) is 29.1 Å². The van der Waals surface area contributed by atoms with Gasteiger partial charge in [-0.05, 0) is 31.5 Å². The van der Waals surface area contributed by atoms with E-state index in [0.717, 1.165) is 25.7 Å². The predicted octanol–water partition coefficient (Wildman–Crippen LogP) is 3.81. The molecule has 0 aliphatic rings. The second-order valence-electron chi connectivity index (χ2n) is 4.53. The maximum absolute atomic E-state index is 13.5. The lowest BCUT2D eigenvalue weighted by Crippen LogP contribution is -2.33. The van der Waals surface area contributed by atoms with Gasteiger partial charge in [-0.2, -0.15) is 0 Å². The van der Waals surface area contributed by atoms with Crippen LogP contribution in [0.25, 0.3) is 0 Å². The van der Waals surface area contributed by atoms with Gasteiger partial charge in [-0.3, -0.25) is 4.79 Å². The van der Waals surface area contributed by atoms with Gasteiger partial charge in [0, 0.05) is 10.9 Å². The van der Waals surface area contributed by atoms with Crippen LogP contribution in [0.2, 0.25) is 0 Å². The Labute approximate surface area is 113 Å². The second kappa shape index (κ2) is 7.41. The van der Waals surface area contributed by atoms with Crippen LogP contribution in [0.1, 0.15) is 49.9 Å². The highest BCUT2D eigenvalue weighted by Crippen LogP contribution is 2.14. The number of halogens is 1. The van der Waals surface area contributed by atoms with Gasteiger partial charge in [-0.25, -0.2) is 4.39 Å². The molecule has 1 atom stereocenters. The van der Waals surface area contributed by atoms with Crippen molar-refractivity contribution in [2.24, 2.45) is 0 Å². The van der Waals surface area contributed by atoms with E-state index in [2.05, 4.69) is 24.9 Å². The Morgan fingerprint density at radius 3 is 2.83 bits per heavy atom. The molecule has 0 bridgehead atoms. The maximum Gasteiger partial charge on any atom is 0.254 e. The van der Waals surface area contributed by atoms with Crippen molar-refractivity contribution < 1.29 is 9.18 Å². The van der Waals surface area contributed by atoms with Gasteiger partial charge in [0.2, 0.25) is 0 Å². The fourth-order valence-electron chi connectivity index (χ4n) is 1.76. The molecule has 0 heterocycles. The van der Waals surface area contributed by atoms with Gasteiger partial charge in [-0.15, -0.1) is 12.6 Å². The lowest BCUT2D eigenvalue weighted by atomic mass is 10.1. The quantitative estimate of drug-likeness (QED) is 0.596. The minimum atomic E-state index is -0.508. The number of hydrogen-bond acceptors (Lipinski definition) is 2. The largest absolute Gasteiger partial charge is 0.349 e. The Balaban J connectivity index is 2.56. The number of hydrogen-bond donors (Lipinski definition) is 2. The molecule has 0 aliphatic heterocycles. The van der Waals surface area contributed by atoms with Crippen LogP contribution in [-0.2, 0) is 0 Å². The van der Waals surface area contributed by atoms with Gasteiger partial charge < -0.3 is 5.32 Å². The number of nitrogens with one attached hydrogen (secondary N) is 1. The minimum absolute atomic E-state index is 0.0600. The summed E-state index contributed by atoms with van der Waals surface area (Å²) in [5.41, 5.74) is 0.0600. The first kappa shape index (κ1) is 15.0. The van der Waals surface area contributed by atoms with Crippen LogP contribution in [0.4, 0.5) is 4.39 Å². The summed E-state index contributed by atoms with van der Waals surface area (Å²) in [7, 11) is 0. The molecule has 0 radical (unpaired) electrons. The Morgan fingerprint density at radius 1 is 1.44 bits per heavy atom. The number of amides is 1. The van der Waals surface area contributed by atoms with Crippen LogP contribution in [0, 0.1) is 5.82 Å². The Bertz CT molecular complexity index is 409. The molecule has 0 spiro atoms. The number of rotatable bonds is 6. The molecule has 0 fully saturated rings. The van der Waals surface area contributed by atoms with Crippen molar-refractivity contribution in [2.75, 3.05) is 0 Å². The minimum Gasteiger partial charge on any atom is -0.349 e. The molecule has 2 nitrogen and oxygen atoms in total. The van der Waals surface area contributed by atoms with E-state index in [-0.39, 0.29) is 17.5 Å². The molecule has 0 saturated heterocycles. The van der Waals surface area contributed by atoms with Crippen molar-refractivity contribution in [1.29, 1.82) is 0 Å². The van der Waals surface area contributed by atoms with Crippen molar-refractivity contribution in [2.45, 2.75) is 50.5 Å². The highest BCUT2D eigenvalue weighted by molar-refractivity contribution is 7.80. The normalized spacial score (nSPS) is 12.2. The molecule has 4 heteroatoms. The molecule has 1 aromatic rings. The maximum atomic E-state index is 13.5. The van der Waals surface area contributed by atoms with E-state index in [0.29, 0.717) is 4.90 Å². The van der Waals surface area contributed by atoms with Gasteiger partial charge >= 0.3 is 0 Å². The monoisotopic (exact) mass is 269 g/mol. The molecule has 18 heavy (non-hydrogen) atoms. The molecule has 0 saturated carbocycles. The second-order valence-corrected chi connectivity index (χ2v) is 5.05. The van der Waals surface area contributed by atoms with Crippen LogP contribution >= 0.6 is 12.6 Å². The number of thiol groups is 1. The van der Waals surface area contributed by atoms with E-state index < -0.39 is 5.82 Å². The van der Waals surface area contributed by atoms with Crippen LogP contribution in [-0.4, -0.2) is 11.9 Å². The molecule has 0 aliphatic carbocycles. The smallest absolute Gasteiger partial charge is 0.254 e. The first-order chi connectivity index (χ1) is 8.54. The van der Waals surface area contributed by atoms with Gasteiger partial charge in [0.15, 0.2) is 0 Å². The zero-order valence-electron chi connectivity index (χ0n) is 10.9. The molecule has 1 aromatic carbocycles. The molecule has 1 N–H and O–H groups in total. The third-order valence-electron chi connectivity index (χ3n) is 2.81. The lowest BCUT2D eigenvalue weighted by Gasteiger charge is -2.14. The highest BCUT2D eigenvalue weighted by Gasteiger charge is 2.14. The fourth-order valence-corrected chi connectivity index (χ4v) is 1.97. The molecule has 1 amide bonds. The van der Waals surface area contributed by atoms with Crippen LogP contribution < -0.4 is 5.32 Å². The third kappa shape index (κ3) is 4.69. The predicted molar refractivity (Wildman–Crippen MR) is 74.7 cm³/mol. The summed E-state index contributed by atoms with van der Waals surface area (Å²) in [5.74, 6) is -0.876. The summed E-state index contributed by atoms with van der Waals surface area (Å²) in [6.45, 7) is 4.08. The summed E-state index contributed by atoms with van der Waals surface area (Å²) < 4.78 is 13.5. The zero-order chi connectivity index (χ0) is 13.5. The summed E-state index contributed by atoms with van der Waals surface area (Å²) >= 11 is 4.11. The molecule has 100 valence electrons. The lowest BCUT2D eigenvalue weighted by molar-refractivity contribution is 0.0933. The fraction of sp³-hybridized carbons (Fsp3) is 0.500. The Morgan fingerprint density at radius 2 is 2.17 bits per heavy atom. The Kier molecular flexibility index (Phi) is 6.19. The average molecular weight is 269 g/mol. The van der Waals surface area contributed by atoms with E-state index >= 15 is 0 Å². The number of benzene rings is 1. The first-order valence-corrected chi connectivity index (χ1v) is 6.78. The van der Waals surface area contributed by atoms with Gasteiger partial charge in [-0.1, -0.05) is 26.2 Å². The number of carbonyl (C=O) groups excluding carboxylic acids is 1. The number of carbonyl (C=O) groups is 1. The zero-order valence-corrected chi connectivity index (χ0v) is 11.8. The summed E-state index contributed by atoms with van der Waals surface area (Å²) in [6, 6.07) is 4.30. The van der Waals surface area contributed by atoms with Crippen molar-refractivity contribution in [3.05, 3.63) is 29.6 Å². The van der Waals surface area contributed by atoms with Crippen LogP contribution in [0.5, 0.6) is 0 Å². The van der Waals surface area contributed by atoms with Crippen molar-refractivity contribution >= 4 is 18.5 Å². The molecular formula is C14H20FNOS. The van der Waals surface area contributed by atoms with E-state index in [1.807, 2.05) is 6.92 Å². The summed E-state index contributed by atoms with van der Waals surface area (Å²) in [6.07, 6.45) is 4.30. The molecule has 1 unspecified atom stereocenters. The van der Waals surface area contributed by atoms with Crippen molar-refractivity contribution in [1.82, 2.24) is 5.32 Å². The van der Waals surface area contributed by atoms with E-state index in [4.69, 9.17) is 0 Å². The van der Waals surface area contributed by atoms with Crippen molar-refractivity contribution in [3.63, 3.8) is 0 Å². The van der Waals surface area contributed by atoms with E-state index in [1.54, 1.807) is 0 Å². The standard InChI is InChI=1S/C14H20FNOS/c1-3-4-5-6-10(2)16-14(17)12-9-11(18)7-8-13(12)15/h7-10,18H,3-6H2,1-2H3,(H,16,17). The SMILES string of the molecule is CCCCCC(C)NC(=O)c1cc(S)ccc1F. The van der Waals surface area contributed by atoms with Crippen LogP contribution in [0.3, 0.4) is 0 Å². The van der Waals surface area contributed by atoms with Crippen LogP contribution in [0.15, 0.2) is 23.1 Å². The third-order valence-corrected chi connectivity index (χ3v) is 3.09. The molecular weight excluding hydrogens is 249 g/mol. The number of unbranched alkanes of at least 4 members (excludes halogenated alkanes) is 2. The highest BCUT2D eigenvalue weighted by atomic mass is 32.1.